The highest BCUT2D eigenvalue weighted by Gasteiger charge is 2.21. The highest BCUT2D eigenvalue weighted by molar-refractivity contribution is 6.36. The van der Waals surface area contributed by atoms with E-state index in [1.807, 2.05) is 26.8 Å². The van der Waals surface area contributed by atoms with Gasteiger partial charge in [0.25, 0.3) is 0 Å². The lowest BCUT2D eigenvalue weighted by molar-refractivity contribution is -0.123. The van der Waals surface area contributed by atoms with Gasteiger partial charge in [0.1, 0.15) is 0 Å². The molecule has 0 fully saturated rings. The summed E-state index contributed by atoms with van der Waals surface area (Å²) >= 11 is 11.9. The maximum Gasteiger partial charge on any atom is 0.243 e. The van der Waals surface area contributed by atoms with Gasteiger partial charge in [-0.1, -0.05) is 50.0 Å². The van der Waals surface area contributed by atoms with E-state index in [-0.39, 0.29) is 18.4 Å². The van der Waals surface area contributed by atoms with Gasteiger partial charge in [0.05, 0.1) is 17.3 Å². The highest BCUT2D eigenvalue weighted by atomic mass is 35.5. The first-order valence-corrected chi connectivity index (χ1v) is 8.81. The van der Waals surface area contributed by atoms with Crippen LogP contribution >= 0.6 is 23.2 Å². The van der Waals surface area contributed by atoms with Crippen LogP contribution in [0.15, 0.2) is 42.5 Å². The third-order valence-electron chi connectivity index (χ3n) is 3.46. The van der Waals surface area contributed by atoms with Gasteiger partial charge in [0.2, 0.25) is 11.8 Å². The Hall–Kier alpha value is -2.24. The van der Waals surface area contributed by atoms with Gasteiger partial charge in [-0.3, -0.25) is 9.59 Å². The number of hydrogen-bond donors (Lipinski definition) is 3. The zero-order valence-electron chi connectivity index (χ0n) is 14.8. The number of amides is 2. The fourth-order valence-electron chi connectivity index (χ4n) is 1.99. The second kappa shape index (κ2) is 8.43. The van der Waals surface area contributed by atoms with Crippen molar-refractivity contribution in [1.29, 1.82) is 0 Å². The lowest BCUT2D eigenvalue weighted by atomic mass is 9.95. The van der Waals surface area contributed by atoms with Crippen molar-refractivity contribution in [3.05, 3.63) is 52.5 Å². The van der Waals surface area contributed by atoms with Crippen molar-refractivity contribution < 1.29 is 9.59 Å². The van der Waals surface area contributed by atoms with Crippen LogP contribution in [0.4, 0.5) is 17.1 Å². The second-order valence-electron chi connectivity index (χ2n) is 6.81. The molecule has 0 unspecified atom stereocenters. The average molecular weight is 394 g/mol. The summed E-state index contributed by atoms with van der Waals surface area (Å²) in [6.45, 7) is 5.58. The summed E-state index contributed by atoms with van der Waals surface area (Å²) in [5.41, 5.74) is 1.39. The Morgan fingerprint density at radius 1 is 0.962 bits per heavy atom. The summed E-state index contributed by atoms with van der Waals surface area (Å²) in [5, 5.41) is 9.45. The first-order valence-electron chi connectivity index (χ1n) is 8.05. The zero-order chi connectivity index (χ0) is 19.3. The normalized spacial score (nSPS) is 11.0. The van der Waals surface area contributed by atoms with E-state index in [9.17, 15) is 9.59 Å². The summed E-state index contributed by atoms with van der Waals surface area (Å²) in [4.78, 5) is 24.1. The van der Waals surface area contributed by atoms with Crippen LogP contribution in [0.1, 0.15) is 20.8 Å². The molecule has 2 aromatic carbocycles. The SMILES string of the molecule is CC(C)(C)C(=O)Nc1cccc(NCC(=O)Nc2ccc(Cl)cc2Cl)c1. The standard InChI is InChI=1S/C19H21Cl2N3O2/c1-19(2,3)18(26)23-14-6-4-5-13(10-14)22-11-17(25)24-16-8-7-12(20)9-15(16)21/h4-10,22H,11H2,1-3H3,(H,23,26)(H,24,25). The van der Waals surface area contributed by atoms with Crippen molar-refractivity contribution >= 4 is 52.1 Å². The molecule has 2 aromatic rings. The lowest BCUT2D eigenvalue weighted by Gasteiger charge is -2.18. The topological polar surface area (TPSA) is 70.2 Å². The molecule has 0 radical (unpaired) electrons. The van der Waals surface area contributed by atoms with E-state index >= 15 is 0 Å². The number of nitrogens with one attached hydrogen (secondary N) is 3. The molecule has 0 spiro atoms. The zero-order valence-corrected chi connectivity index (χ0v) is 16.3. The summed E-state index contributed by atoms with van der Waals surface area (Å²) in [6.07, 6.45) is 0. The second-order valence-corrected chi connectivity index (χ2v) is 7.65. The Kier molecular flexibility index (Phi) is 6.51. The van der Waals surface area contributed by atoms with Crippen LogP contribution in [-0.4, -0.2) is 18.4 Å². The van der Waals surface area contributed by atoms with Crippen LogP contribution in [0.25, 0.3) is 0 Å². The maximum atomic E-state index is 12.1. The van der Waals surface area contributed by atoms with Gasteiger partial charge < -0.3 is 16.0 Å². The van der Waals surface area contributed by atoms with E-state index in [4.69, 9.17) is 23.2 Å². The lowest BCUT2D eigenvalue weighted by Crippen LogP contribution is -2.27. The van der Waals surface area contributed by atoms with Crippen molar-refractivity contribution in [3.63, 3.8) is 0 Å². The van der Waals surface area contributed by atoms with Crippen LogP contribution in [0, 0.1) is 5.41 Å². The molecule has 3 N–H and O–H groups in total. The Labute approximate surface area is 163 Å². The minimum Gasteiger partial charge on any atom is -0.376 e. The molecule has 2 amide bonds. The van der Waals surface area contributed by atoms with Crippen molar-refractivity contribution in [1.82, 2.24) is 0 Å². The molecule has 138 valence electrons. The van der Waals surface area contributed by atoms with E-state index in [1.165, 1.54) is 0 Å². The van der Waals surface area contributed by atoms with Gasteiger partial charge in [0.15, 0.2) is 0 Å². The summed E-state index contributed by atoms with van der Waals surface area (Å²) < 4.78 is 0. The number of halogens is 2. The number of rotatable bonds is 5. The minimum absolute atomic E-state index is 0.0512. The minimum atomic E-state index is -0.485. The Morgan fingerprint density at radius 2 is 1.65 bits per heavy atom. The van der Waals surface area contributed by atoms with E-state index in [2.05, 4.69) is 16.0 Å². The van der Waals surface area contributed by atoms with Gasteiger partial charge in [0, 0.05) is 21.8 Å². The predicted octanol–water partition coefficient (Wildman–Crippen LogP) is 5.03. The third kappa shape index (κ3) is 5.93. The average Bonchev–Trinajstić information content (AvgIpc) is 2.55. The molecular weight excluding hydrogens is 373 g/mol. The molecule has 0 saturated carbocycles. The third-order valence-corrected chi connectivity index (χ3v) is 4.01. The fraction of sp³-hybridized carbons (Fsp3) is 0.263. The first kappa shape index (κ1) is 20.1. The van der Waals surface area contributed by atoms with E-state index in [0.29, 0.717) is 27.1 Å². The molecule has 5 nitrogen and oxygen atoms in total. The quantitative estimate of drug-likeness (QED) is 0.666. The molecule has 0 aliphatic carbocycles. The monoisotopic (exact) mass is 393 g/mol. The van der Waals surface area contributed by atoms with Crippen molar-refractivity contribution in [2.75, 3.05) is 22.5 Å². The Morgan fingerprint density at radius 3 is 2.31 bits per heavy atom. The van der Waals surface area contributed by atoms with E-state index in [0.717, 1.165) is 0 Å². The molecule has 0 aliphatic heterocycles. The van der Waals surface area contributed by atoms with Crippen molar-refractivity contribution in [3.8, 4) is 0 Å². The van der Waals surface area contributed by atoms with Crippen LogP contribution in [0.5, 0.6) is 0 Å². The van der Waals surface area contributed by atoms with Crippen molar-refractivity contribution in [2.24, 2.45) is 5.41 Å². The number of carbonyl (C=O) groups excluding carboxylic acids is 2. The highest BCUT2D eigenvalue weighted by Crippen LogP contribution is 2.25. The van der Waals surface area contributed by atoms with Gasteiger partial charge >= 0.3 is 0 Å². The van der Waals surface area contributed by atoms with Gasteiger partial charge in [-0.25, -0.2) is 0 Å². The molecule has 0 heterocycles. The van der Waals surface area contributed by atoms with Crippen LogP contribution in [-0.2, 0) is 9.59 Å². The molecule has 0 aliphatic rings. The van der Waals surface area contributed by atoms with Gasteiger partial charge in [-0.05, 0) is 36.4 Å². The number of hydrogen-bond acceptors (Lipinski definition) is 3. The molecule has 7 heteroatoms. The number of anilines is 3. The molecule has 2 rings (SSSR count). The van der Waals surface area contributed by atoms with Gasteiger partial charge in [-0.15, -0.1) is 0 Å². The van der Waals surface area contributed by atoms with Crippen LogP contribution in [0.3, 0.4) is 0 Å². The smallest absolute Gasteiger partial charge is 0.243 e. The van der Waals surface area contributed by atoms with Gasteiger partial charge in [-0.2, -0.15) is 0 Å². The molecule has 0 aromatic heterocycles. The predicted molar refractivity (Wildman–Crippen MR) is 108 cm³/mol. The number of benzene rings is 2. The molecule has 26 heavy (non-hydrogen) atoms. The first-order chi connectivity index (χ1) is 12.1. The summed E-state index contributed by atoms with van der Waals surface area (Å²) in [5.74, 6) is -0.330. The Bertz CT molecular complexity index is 817. The summed E-state index contributed by atoms with van der Waals surface area (Å²) in [7, 11) is 0. The molecular formula is C19H21Cl2N3O2. The summed E-state index contributed by atoms with van der Waals surface area (Å²) in [6, 6.07) is 12.0. The molecule has 0 saturated heterocycles. The Balaban J connectivity index is 1.93. The maximum absolute atomic E-state index is 12.1. The molecule has 0 bridgehead atoms. The molecule has 0 atom stereocenters. The van der Waals surface area contributed by atoms with Crippen molar-refractivity contribution in [2.45, 2.75) is 20.8 Å². The van der Waals surface area contributed by atoms with Crippen LogP contribution in [0.2, 0.25) is 10.0 Å². The van der Waals surface area contributed by atoms with E-state index in [1.54, 1.807) is 36.4 Å². The fourth-order valence-corrected chi connectivity index (χ4v) is 2.45. The largest absolute Gasteiger partial charge is 0.376 e. The number of carbonyl (C=O) groups is 2. The van der Waals surface area contributed by atoms with Crippen LogP contribution < -0.4 is 16.0 Å². The van der Waals surface area contributed by atoms with E-state index < -0.39 is 5.41 Å².